The molecule has 0 spiro atoms. The third-order valence-electron chi connectivity index (χ3n) is 3.87. The Balaban J connectivity index is 1.81. The molecule has 0 radical (unpaired) electrons. The summed E-state index contributed by atoms with van der Waals surface area (Å²) in [7, 11) is 0. The second-order valence-electron chi connectivity index (χ2n) is 5.48. The average molecular weight is 267 g/mol. The van der Waals surface area contributed by atoms with E-state index in [-0.39, 0.29) is 18.0 Å². The average Bonchev–Trinajstić information content (AvgIpc) is 2.71. The summed E-state index contributed by atoms with van der Waals surface area (Å²) < 4.78 is 18.2. The fourth-order valence-electron chi connectivity index (χ4n) is 2.40. The Kier molecular flexibility index (Phi) is 4.55. The lowest BCUT2D eigenvalue weighted by atomic mass is 9.96. The zero-order chi connectivity index (χ0) is 13.9. The lowest BCUT2D eigenvalue weighted by Gasteiger charge is -2.28. The number of halogens is 1. The second kappa shape index (κ2) is 5.99. The van der Waals surface area contributed by atoms with Gasteiger partial charge in [-0.05, 0) is 38.0 Å². The molecule has 0 amide bonds. The highest BCUT2D eigenvalue weighted by Crippen LogP contribution is 2.24. The zero-order valence-corrected chi connectivity index (χ0v) is 11.5. The highest BCUT2D eigenvalue weighted by Gasteiger charge is 2.39. The number of nitrogens with one attached hydrogen (secondary N) is 1. The molecule has 0 aliphatic carbocycles. The van der Waals surface area contributed by atoms with Crippen molar-refractivity contribution in [2.45, 2.75) is 44.4 Å². The molecule has 1 aromatic rings. The van der Waals surface area contributed by atoms with Gasteiger partial charge in [0.2, 0.25) is 0 Å². The van der Waals surface area contributed by atoms with Crippen molar-refractivity contribution in [3.63, 3.8) is 0 Å². The van der Waals surface area contributed by atoms with Gasteiger partial charge in [0.15, 0.2) is 0 Å². The zero-order valence-electron chi connectivity index (χ0n) is 11.5. The van der Waals surface area contributed by atoms with E-state index in [1.165, 1.54) is 12.1 Å². The minimum atomic E-state index is -0.767. The Morgan fingerprint density at radius 1 is 1.47 bits per heavy atom. The van der Waals surface area contributed by atoms with Crippen molar-refractivity contribution in [1.29, 1.82) is 0 Å². The Bertz CT molecular complexity index is 409. The van der Waals surface area contributed by atoms with Crippen LogP contribution in [0.1, 0.15) is 25.8 Å². The van der Waals surface area contributed by atoms with Gasteiger partial charge < -0.3 is 15.2 Å². The van der Waals surface area contributed by atoms with Gasteiger partial charge in [0.1, 0.15) is 11.4 Å². The van der Waals surface area contributed by atoms with Crippen molar-refractivity contribution in [3.05, 3.63) is 35.6 Å². The van der Waals surface area contributed by atoms with Crippen LogP contribution in [0.25, 0.3) is 0 Å². The van der Waals surface area contributed by atoms with E-state index in [0.29, 0.717) is 19.6 Å². The van der Waals surface area contributed by atoms with Crippen LogP contribution in [0, 0.1) is 5.82 Å². The number of aliphatic hydroxyl groups is 1. The van der Waals surface area contributed by atoms with E-state index in [0.717, 1.165) is 12.0 Å². The van der Waals surface area contributed by atoms with Crippen LogP contribution in [0.3, 0.4) is 0 Å². The topological polar surface area (TPSA) is 41.5 Å². The predicted octanol–water partition coefficient (Wildman–Crippen LogP) is 1.89. The monoisotopic (exact) mass is 267 g/mol. The molecule has 0 bridgehead atoms. The van der Waals surface area contributed by atoms with E-state index in [1.807, 2.05) is 6.92 Å². The molecule has 4 heteroatoms. The van der Waals surface area contributed by atoms with Gasteiger partial charge in [-0.2, -0.15) is 0 Å². The van der Waals surface area contributed by atoms with E-state index in [4.69, 9.17) is 4.74 Å². The van der Waals surface area contributed by atoms with Crippen LogP contribution >= 0.6 is 0 Å². The molecule has 19 heavy (non-hydrogen) atoms. The van der Waals surface area contributed by atoms with E-state index in [9.17, 15) is 9.50 Å². The maximum atomic E-state index is 12.8. The molecule has 1 aliphatic heterocycles. The van der Waals surface area contributed by atoms with Gasteiger partial charge in [-0.3, -0.25) is 0 Å². The normalized spacial score (nSPS) is 28.5. The van der Waals surface area contributed by atoms with Crippen LogP contribution in [-0.4, -0.2) is 36.0 Å². The molecule has 1 heterocycles. The molecule has 1 fully saturated rings. The molecule has 3 atom stereocenters. The number of hydrogen-bond acceptors (Lipinski definition) is 3. The first-order valence-corrected chi connectivity index (χ1v) is 6.81. The first kappa shape index (κ1) is 14.4. The van der Waals surface area contributed by atoms with Gasteiger partial charge in [-0.25, -0.2) is 4.39 Å². The third-order valence-corrected chi connectivity index (χ3v) is 3.87. The molecule has 2 N–H and O–H groups in total. The molecule has 0 saturated carbocycles. The molecular formula is C15H22FNO2. The summed E-state index contributed by atoms with van der Waals surface area (Å²) in [4.78, 5) is 0. The van der Waals surface area contributed by atoms with Crippen molar-refractivity contribution in [1.82, 2.24) is 5.32 Å². The maximum absolute atomic E-state index is 12.8. The fraction of sp³-hybridized carbons (Fsp3) is 0.600. The van der Waals surface area contributed by atoms with Crippen LogP contribution in [-0.2, 0) is 11.2 Å². The van der Waals surface area contributed by atoms with Crippen molar-refractivity contribution < 1.29 is 14.2 Å². The summed E-state index contributed by atoms with van der Waals surface area (Å²) in [5.41, 5.74) is 0.320. The Morgan fingerprint density at radius 2 is 2.16 bits per heavy atom. The molecule has 2 rings (SSSR count). The standard InChI is InChI=1S/C15H22FNO2/c1-11(9-13-3-5-14(16)6-4-13)17-10-15(18)7-8-19-12(15)2/h3-6,11-12,17-18H,7-10H2,1-2H3. The van der Waals surface area contributed by atoms with Crippen LogP contribution in [0.5, 0.6) is 0 Å². The molecular weight excluding hydrogens is 245 g/mol. The largest absolute Gasteiger partial charge is 0.386 e. The fourth-order valence-corrected chi connectivity index (χ4v) is 2.40. The highest BCUT2D eigenvalue weighted by atomic mass is 19.1. The van der Waals surface area contributed by atoms with Gasteiger partial charge in [0.05, 0.1) is 6.10 Å². The van der Waals surface area contributed by atoms with Gasteiger partial charge in [0.25, 0.3) is 0 Å². The number of ether oxygens (including phenoxy) is 1. The Hall–Kier alpha value is -0.970. The predicted molar refractivity (Wildman–Crippen MR) is 72.5 cm³/mol. The van der Waals surface area contributed by atoms with Gasteiger partial charge in [0, 0.05) is 25.6 Å². The van der Waals surface area contributed by atoms with E-state index in [2.05, 4.69) is 12.2 Å². The van der Waals surface area contributed by atoms with Crippen LogP contribution < -0.4 is 5.32 Å². The molecule has 3 unspecified atom stereocenters. The van der Waals surface area contributed by atoms with Gasteiger partial charge >= 0.3 is 0 Å². The summed E-state index contributed by atoms with van der Waals surface area (Å²) in [6.07, 6.45) is 1.36. The minimum absolute atomic E-state index is 0.127. The SMILES string of the molecule is CC(Cc1ccc(F)cc1)NCC1(O)CCOC1C. The number of hydrogen-bond donors (Lipinski definition) is 2. The van der Waals surface area contributed by atoms with Crippen molar-refractivity contribution in [2.75, 3.05) is 13.2 Å². The molecule has 1 saturated heterocycles. The van der Waals surface area contributed by atoms with Crippen LogP contribution in [0.2, 0.25) is 0 Å². The summed E-state index contributed by atoms with van der Waals surface area (Å²) >= 11 is 0. The van der Waals surface area contributed by atoms with Crippen molar-refractivity contribution in [2.24, 2.45) is 0 Å². The molecule has 106 valence electrons. The minimum Gasteiger partial charge on any atom is -0.386 e. The summed E-state index contributed by atoms with van der Waals surface area (Å²) in [6.45, 7) is 5.11. The quantitative estimate of drug-likeness (QED) is 0.856. The molecule has 0 aromatic heterocycles. The summed E-state index contributed by atoms with van der Waals surface area (Å²) in [5.74, 6) is -0.212. The van der Waals surface area contributed by atoms with Crippen molar-refractivity contribution >= 4 is 0 Å². The van der Waals surface area contributed by atoms with E-state index >= 15 is 0 Å². The lowest BCUT2D eigenvalue weighted by molar-refractivity contribution is -0.0273. The van der Waals surface area contributed by atoms with Gasteiger partial charge in [-0.15, -0.1) is 0 Å². The molecule has 1 aromatic carbocycles. The second-order valence-corrected chi connectivity index (χ2v) is 5.48. The van der Waals surface area contributed by atoms with Crippen LogP contribution in [0.15, 0.2) is 24.3 Å². The number of benzene rings is 1. The Morgan fingerprint density at radius 3 is 2.74 bits per heavy atom. The molecule has 1 aliphatic rings. The van der Waals surface area contributed by atoms with Crippen molar-refractivity contribution in [3.8, 4) is 0 Å². The smallest absolute Gasteiger partial charge is 0.123 e. The van der Waals surface area contributed by atoms with E-state index in [1.54, 1.807) is 12.1 Å². The summed E-state index contributed by atoms with van der Waals surface area (Å²) in [6, 6.07) is 6.76. The lowest BCUT2D eigenvalue weighted by Crippen LogP contribution is -2.48. The van der Waals surface area contributed by atoms with Crippen LogP contribution in [0.4, 0.5) is 4.39 Å². The molecule has 3 nitrogen and oxygen atoms in total. The third kappa shape index (κ3) is 3.75. The first-order chi connectivity index (χ1) is 8.99. The Labute approximate surface area is 113 Å². The maximum Gasteiger partial charge on any atom is 0.123 e. The van der Waals surface area contributed by atoms with E-state index < -0.39 is 5.60 Å². The number of rotatable bonds is 5. The first-order valence-electron chi connectivity index (χ1n) is 6.81. The highest BCUT2D eigenvalue weighted by molar-refractivity contribution is 5.17. The van der Waals surface area contributed by atoms with Gasteiger partial charge in [-0.1, -0.05) is 12.1 Å². The summed E-state index contributed by atoms with van der Waals surface area (Å²) in [5, 5.41) is 13.7.